The van der Waals surface area contributed by atoms with E-state index in [1.807, 2.05) is 26.8 Å². The average Bonchev–Trinajstić information content (AvgIpc) is 3.01. The number of hydrogen-bond donors (Lipinski definition) is 5. The third kappa shape index (κ3) is 3.63. The fourth-order valence-electron chi connectivity index (χ4n) is 7.94. The molecule has 0 aliphatic heterocycles. The van der Waals surface area contributed by atoms with Gasteiger partial charge in [0.05, 0.1) is 17.3 Å². The van der Waals surface area contributed by atoms with Gasteiger partial charge in [0.15, 0.2) is 0 Å². The Labute approximate surface area is 193 Å². The van der Waals surface area contributed by atoms with Crippen LogP contribution in [-0.2, 0) is 0 Å². The monoisotopic (exact) mass is 448 g/mol. The Morgan fingerprint density at radius 1 is 1.03 bits per heavy atom. The second kappa shape index (κ2) is 7.64. The van der Waals surface area contributed by atoms with Gasteiger partial charge in [-0.3, -0.25) is 0 Å². The maximum Gasteiger partial charge on any atom is 0.102 e. The predicted octanol–water partition coefficient (Wildman–Crippen LogP) is 3.62. The van der Waals surface area contributed by atoms with Gasteiger partial charge >= 0.3 is 0 Å². The summed E-state index contributed by atoms with van der Waals surface area (Å²) in [6.45, 7) is 9.93. The van der Waals surface area contributed by atoms with Crippen molar-refractivity contribution in [3.05, 3.63) is 23.3 Å². The van der Waals surface area contributed by atoms with Gasteiger partial charge in [0, 0.05) is 17.8 Å². The van der Waals surface area contributed by atoms with Gasteiger partial charge in [-0.15, -0.1) is 0 Å². The topological polar surface area (TPSA) is 101 Å². The zero-order chi connectivity index (χ0) is 23.7. The van der Waals surface area contributed by atoms with E-state index in [1.165, 1.54) is 5.57 Å². The van der Waals surface area contributed by atoms with E-state index in [9.17, 15) is 25.5 Å². The molecule has 0 aromatic carbocycles. The molecule has 0 aromatic rings. The second-order valence-corrected chi connectivity index (χ2v) is 12.7. The molecule has 0 aromatic heterocycles. The van der Waals surface area contributed by atoms with Crippen molar-refractivity contribution < 1.29 is 25.5 Å². The van der Waals surface area contributed by atoms with Crippen molar-refractivity contribution in [2.45, 2.75) is 121 Å². The fourth-order valence-corrected chi connectivity index (χ4v) is 7.94. The molecule has 4 rings (SSSR count). The van der Waals surface area contributed by atoms with Crippen LogP contribution in [0.15, 0.2) is 23.3 Å². The van der Waals surface area contributed by atoms with E-state index in [4.69, 9.17) is 0 Å². The Morgan fingerprint density at radius 3 is 2.38 bits per heavy atom. The molecule has 0 radical (unpaired) electrons. The molecule has 32 heavy (non-hydrogen) atoms. The quantitative estimate of drug-likeness (QED) is 0.442. The first-order valence-electron chi connectivity index (χ1n) is 12.6. The summed E-state index contributed by atoms with van der Waals surface area (Å²) in [5.74, 6) is 0.245. The zero-order valence-corrected chi connectivity index (χ0v) is 20.6. The van der Waals surface area contributed by atoms with Gasteiger partial charge in [0.25, 0.3) is 0 Å². The molecular formula is C27H44O5. The van der Waals surface area contributed by atoms with Gasteiger partial charge in [-0.05, 0) is 101 Å². The maximum absolute atomic E-state index is 11.5. The van der Waals surface area contributed by atoms with E-state index in [1.54, 1.807) is 0 Å². The lowest BCUT2D eigenvalue weighted by Crippen LogP contribution is -2.65. The molecule has 0 bridgehead atoms. The van der Waals surface area contributed by atoms with Crippen LogP contribution in [0.4, 0.5) is 0 Å². The van der Waals surface area contributed by atoms with Crippen molar-refractivity contribution >= 4 is 0 Å². The molecule has 0 spiro atoms. The molecule has 8 unspecified atom stereocenters. The van der Waals surface area contributed by atoms with Gasteiger partial charge < -0.3 is 25.5 Å². The molecule has 0 amide bonds. The SMILES string of the molecule is CC(C)(O)CCCC(C)(O)C1CC=C2C3=CC(O)C4(O)CC(O)CCC4(C)C3CCC21C. The van der Waals surface area contributed by atoms with Gasteiger partial charge in [-0.25, -0.2) is 0 Å². The second-order valence-electron chi connectivity index (χ2n) is 12.7. The fraction of sp³-hybridized carbons (Fsp3) is 0.852. The third-order valence-electron chi connectivity index (χ3n) is 9.93. The van der Waals surface area contributed by atoms with Crippen LogP contribution in [0.5, 0.6) is 0 Å². The van der Waals surface area contributed by atoms with Crippen molar-refractivity contribution in [1.82, 2.24) is 0 Å². The molecule has 0 heterocycles. The highest BCUT2D eigenvalue weighted by atomic mass is 16.3. The van der Waals surface area contributed by atoms with Crippen molar-refractivity contribution in [3.8, 4) is 0 Å². The van der Waals surface area contributed by atoms with Crippen LogP contribution in [0, 0.1) is 22.7 Å². The molecule has 182 valence electrons. The zero-order valence-electron chi connectivity index (χ0n) is 20.6. The summed E-state index contributed by atoms with van der Waals surface area (Å²) < 4.78 is 0. The maximum atomic E-state index is 11.5. The van der Waals surface area contributed by atoms with Crippen molar-refractivity contribution in [3.63, 3.8) is 0 Å². The summed E-state index contributed by atoms with van der Waals surface area (Å²) in [6, 6.07) is 0. The summed E-state index contributed by atoms with van der Waals surface area (Å²) in [4.78, 5) is 0. The van der Waals surface area contributed by atoms with E-state index in [2.05, 4.69) is 19.9 Å². The Kier molecular flexibility index (Phi) is 5.83. The van der Waals surface area contributed by atoms with Gasteiger partial charge in [-0.2, -0.15) is 0 Å². The molecule has 4 aliphatic carbocycles. The largest absolute Gasteiger partial charge is 0.393 e. The van der Waals surface area contributed by atoms with E-state index in [0.717, 1.165) is 31.3 Å². The predicted molar refractivity (Wildman–Crippen MR) is 125 cm³/mol. The lowest BCUT2D eigenvalue weighted by atomic mass is 9.46. The number of allylic oxidation sites excluding steroid dienone is 3. The molecule has 2 saturated carbocycles. The molecule has 8 atom stereocenters. The lowest BCUT2D eigenvalue weighted by Gasteiger charge is -2.61. The minimum Gasteiger partial charge on any atom is -0.393 e. The molecular weight excluding hydrogens is 404 g/mol. The summed E-state index contributed by atoms with van der Waals surface area (Å²) in [5.41, 5.74) is -1.09. The summed E-state index contributed by atoms with van der Waals surface area (Å²) in [6.07, 6.45) is 8.89. The summed E-state index contributed by atoms with van der Waals surface area (Å²) >= 11 is 0. The minimum absolute atomic E-state index is 0.0904. The minimum atomic E-state index is -1.30. The molecule has 5 heteroatoms. The average molecular weight is 449 g/mol. The highest BCUT2D eigenvalue weighted by Gasteiger charge is 2.64. The number of fused-ring (bicyclic) bond motifs is 5. The van der Waals surface area contributed by atoms with Crippen LogP contribution in [-0.4, -0.2) is 54.5 Å². The van der Waals surface area contributed by atoms with Crippen molar-refractivity contribution in [2.75, 3.05) is 0 Å². The van der Waals surface area contributed by atoms with Crippen LogP contribution in [0.2, 0.25) is 0 Å². The first-order valence-corrected chi connectivity index (χ1v) is 12.6. The highest BCUT2D eigenvalue weighted by Crippen LogP contribution is 2.66. The number of hydrogen-bond acceptors (Lipinski definition) is 5. The number of aliphatic hydroxyl groups is 5. The number of rotatable bonds is 5. The molecule has 4 aliphatic rings. The van der Waals surface area contributed by atoms with E-state index in [-0.39, 0.29) is 23.7 Å². The first-order chi connectivity index (χ1) is 14.6. The van der Waals surface area contributed by atoms with Crippen LogP contribution in [0.25, 0.3) is 0 Å². The molecule has 2 fully saturated rings. The summed E-state index contributed by atoms with van der Waals surface area (Å²) in [7, 11) is 0. The van der Waals surface area contributed by atoms with Crippen molar-refractivity contribution in [1.29, 1.82) is 0 Å². The normalized spacial score (nSPS) is 45.8. The van der Waals surface area contributed by atoms with Crippen LogP contribution >= 0.6 is 0 Å². The Morgan fingerprint density at radius 2 is 1.72 bits per heavy atom. The lowest BCUT2D eigenvalue weighted by molar-refractivity contribution is -0.207. The Bertz CT molecular complexity index is 807. The van der Waals surface area contributed by atoms with E-state index in [0.29, 0.717) is 25.7 Å². The number of aliphatic hydroxyl groups excluding tert-OH is 2. The van der Waals surface area contributed by atoms with Crippen LogP contribution in [0.3, 0.4) is 0 Å². The van der Waals surface area contributed by atoms with Crippen LogP contribution < -0.4 is 0 Å². The van der Waals surface area contributed by atoms with Crippen molar-refractivity contribution in [2.24, 2.45) is 22.7 Å². The van der Waals surface area contributed by atoms with E-state index < -0.39 is 34.4 Å². The Hall–Kier alpha value is -0.720. The van der Waals surface area contributed by atoms with Gasteiger partial charge in [0.2, 0.25) is 0 Å². The van der Waals surface area contributed by atoms with Crippen LogP contribution in [0.1, 0.15) is 92.4 Å². The van der Waals surface area contributed by atoms with E-state index >= 15 is 0 Å². The smallest absolute Gasteiger partial charge is 0.102 e. The third-order valence-corrected chi connectivity index (χ3v) is 9.93. The standard InChI is InChI=1S/C27H44O5/c1-23(2,30)11-6-12-26(5,31)21-8-7-19-18-15-22(29)27(32)16-17(28)9-14-25(27,4)20(18)10-13-24(19,21)3/h7,15,17,20-22,28-32H,6,8-14,16H2,1-5H3. The first kappa shape index (κ1) is 24.4. The van der Waals surface area contributed by atoms with Gasteiger partial charge in [0.1, 0.15) is 11.7 Å². The molecule has 0 saturated heterocycles. The molecule has 5 N–H and O–H groups in total. The summed E-state index contributed by atoms with van der Waals surface area (Å²) in [5, 5.41) is 54.4. The Balaban J connectivity index is 1.61. The molecule has 5 nitrogen and oxygen atoms in total. The highest BCUT2D eigenvalue weighted by molar-refractivity contribution is 5.49. The van der Waals surface area contributed by atoms with Gasteiger partial charge in [-0.1, -0.05) is 19.9 Å².